The minimum atomic E-state index is -1.74. The summed E-state index contributed by atoms with van der Waals surface area (Å²) in [6.45, 7) is 0. The minimum Gasteiger partial charge on any atom is -0.468 e. The molecule has 92 valence electrons. The molecule has 0 radical (unpaired) electrons. The lowest BCUT2D eigenvalue weighted by Crippen LogP contribution is -2.22. The summed E-state index contributed by atoms with van der Waals surface area (Å²) in [5, 5.41) is 27.9. The Labute approximate surface area is 110 Å². The van der Waals surface area contributed by atoms with E-state index >= 15 is 0 Å². The molecule has 5 nitrogen and oxygen atoms in total. The predicted molar refractivity (Wildman–Crippen MR) is 62.9 cm³/mol. The van der Waals surface area contributed by atoms with Gasteiger partial charge < -0.3 is 4.74 Å². The van der Waals surface area contributed by atoms with Crippen molar-refractivity contribution in [1.29, 1.82) is 15.8 Å². The van der Waals surface area contributed by atoms with Crippen LogP contribution in [0.4, 0.5) is 0 Å². The fourth-order valence-electron chi connectivity index (χ4n) is 2.59. The summed E-state index contributed by atoms with van der Waals surface area (Å²) in [6.07, 6.45) is 0. The first-order valence-corrected chi connectivity index (χ1v) is 5.51. The van der Waals surface area contributed by atoms with Crippen molar-refractivity contribution < 1.29 is 9.53 Å². The first-order chi connectivity index (χ1) is 9.14. The lowest BCUT2D eigenvalue weighted by atomic mass is 9.97. The number of hydrogen-bond donors (Lipinski definition) is 0. The van der Waals surface area contributed by atoms with Crippen LogP contribution >= 0.6 is 0 Å². The second kappa shape index (κ2) is 4.12. The van der Waals surface area contributed by atoms with Crippen LogP contribution in [0.3, 0.4) is 0 Å². The number of esters is 1. The molecular weight excluding hydrogens is 242 g/mol. The maximum Gasteiger partial charge on any atom is 0.329 e. The molecule has 0 heterocycles. The zero-order valence-electron chi connectivity index (χ0n) is 10.1. The number of rotatable bonds is 2. The fraction of sp³-hybridized carbons (Fsp3) is 0.286. The van der Waals surface area contributed by atoms with Gasteiger partial charge in [0.15, 0.2) is 10.8 Å². The zero-order chi connectivity index (χ0) is 14.1. The standard InChI is InChI=1S/C14H9N3O2/c1-19-12(18)14(9-17)11(13(14,7-15)8-16)10-5-3-2-4-6-10/h2-6,11H,1H3/t11-,14+/m1/s1. The van der Waals surface area contributed by atoms with Gasteiger partial charge in [-0.2, -0.15) is 15.8 Å². The van der Waals surface area contributed by atoms with Gasteiger partial charge in [-0.05, 0) is 5.56 Å². The molecular formula is C14H9N3O2. The Kier molecular flexibility index (Phi) is 2.74. The van der Waals surface area contributed by atoms with Crippen molar-refractivity contribution in [1.82, 2.24) is 0 Å². The van der Waals surface area contributed by atoms with Crippen LogP contribution in [-0.2, 0) is 9.53 Å². The molecule has 1 aliphatic carbocycles. The van der Waals surface area contributed by atoms with E-state index in [1.807, 2.05) is 18.2 Å². The first kappa shape index (κ1) is 12.6. The summed E-state index contributed by atoms with van der Waals surface area (Å²) in [7, 11) is 1.14. The smallest absolute Gasteiger partial charge is 0.329 e. The molecule has 0 unspecified atom stereocenters. The molecule has 1 aromatic carbocycles. The van der Waals surface area contributed by atoms with E-state index in [1.54, 1.807) is 30.3 Å². The number of carbonyl (C=O) groups excluding carboxylic acids is 1. The van der Waals surface area contributed by atoms with E-state index in [0.717, 1.165) is 7.11 Å². The van der Waals surface area contributed by atoms with Crippen LogP contribution < -0.4 is 0 Å². The minimum absolute atomic E-state index is 0.609. The molecule has 0 aromatic heterocycles. The summed E-state index contributed by atoms with van der Waals surface area (Å²) in [5.74, 6) is -1.62. The number of ether oxygens (including phenoxy) is 1. The first-order valence-electron chi connectivity index (χ1n) is 5.51. The van der Waals surface area contributed by atoms with E-state index in [-0.39, 0.29) is 0 Å². The molecule has 0 N–H and O–H groups in total. The Balaban J connectivity index is 2.63. The van der Waals surface area contributed by atoms with Crippen molar-refractivity contribution in [2.45, 2.75) is 5.92 Å². The van der Waals surface area contributed by atoms with Crippen LogP contribution in [0.1, 0.15) is 11.5 Å². The quantitative estimate of drug-likeness (QED) is 0.742. The highest BCUT2D eigenvalue weighted by atomic mass is 16.5. The number of hydrogen-bond acceptors (Lipinski definition) is 5. The molecule has 1 aliphatic rings. The third-order valence-electron chi connectivity index (χ3n) is 3.57. The zero-order valence-corrected chi connectivity index (χ0v) is 10.1. The van der Waals surface area contributed by atoms with Crippen LogP contribution in [0.2, 0.25) is 0 Å². The third-order valence-corrected chi connectivity index (χ3v) is 3.57. The van der Waals surface area contributed by atoms with E-state index in [9.17, 15) is 20.6 Å². The lowest BCUT2D eigenvalue weighted by Gasteiger charge is -2.05. The van der Waals surface area contributed by atoms with E-state index in [2.05, 4.69) is 4.74 Å². The normalized spacial score (nSPS) is 26.3. The second-order valence-corrected chi connectivity index (χ2v) is 4.29. The summed E-state index contributed by atoms with van der Waals surface area (Å²) in [4.78, 5) is 11.9. The average molecular weight is 251 g/mol. The summed E-state index contributed by atoms with van der Waals surface area (Å²) in [6, 6.07) is 14.1. The molecule has 1 aromatic rings. The Bertz CT molecular complexity index is 634. The number of nitrogens with zero attached hydrogens (tertiary/aromatic N) is 3. The third kappa shape index (κ3) is 1.29. The largest absolute Gasteiger partial charge is 0.468 e. The molecule has 0 bridgehead atoms. The van der Waals surface area contributed by atoms with Crippen LogP contribution in [-0.4, -0.2) is 13.1 Å². The molecule has 19 heavy (non-hydrogen) atoms. The van der Waals surface area contributed by atoms with Crippen molar-refractivity contribution in [2.75, 3.05) is 7.11 Å². The van der Waals surface area contributed by atoms with Crippen molar-refractivity contribution in [3.05, 3.63) is 35.9 Å². The summed E-state index contributed by atoms with van der Waals surface area (Å²) in [5.41, 5.74) is -2.82. The highest BCUT2D eigenvalue weighted by Gasteiger charge is 2.85. The molecule has 0 saturated heterocycles. The molecule has 0 amide bonds. The van der Waals surface area contributed by atoms with E-state index in [1.165, 1.54) is 0 Å². The van der Waals surface area contributed by atoms with Gasteiger partial charge >= 0.3 is 5.97 Å². The van der Waals surface area contributed by atoms with Gasteiger partial charge in [0.2, 0.25) is 0 Å². The van der Waals surface area contributed by atoms with Gasteiger partial charge in [-0.1, -0.05) is 30.3 Å². The van der Waals surface area contributed by atoms with Crippen molar-refractivity contribution in [2.24, 2.45) is 10.8 Å². The number of benzene rings is 1. The van der Waals surface area contributed by atoms with Crippen molar-refractivity contribution >= 4 is 5.97 Å². The summed E-state index contributed by atoms with van der Waals surface area (Å²) >= 11 is 0. The Hall–Kier alpha value is -2.84. The van der Waals surface area contributed by atoms with Gasteiger partial charge in [0, 0.05) is 0 Å². The maximum absolute atomic E-state index is 11.9. The van der Waals surface area contributed by atoms with Gasteiger partial charge in [0.1, 0.15) is 0 Å². The van der Waals surface area contributed by atoms with E-state index < -0.39 is 22.7 Å². The Morgan fingerprint density at radius 2 is 1.74 bits per heavy atom. The van der Waals surface area contributed by atoms with Gasteiger partial charge in [0.05, 0.1) is 31.2 Å². The number of nitriles is 3. The lowest BCUT2D eigenvalue weighted by molar-refractivity contribution is -0.145. The molecule has 2 rings (SSSR count). The van der Waals surface area contributed by atoms with Crippen LogP contribution in [0, 0.1) is 44.8 Å². The molecule has 1 fully saturated rings. The SMILES string of the molecule is COC(=O)[C@]1(C#N)[C@H](c2ccccc2)C1(C#N)C#N. The monoisotopic (exact) mass is 251 g/mol. The number of carbonyl (C=O) groups is 1. The maximum atomic E-state index is 11.9. The van der Waals surface area contributed by atoms with E-state index in [4.69, 9.17) is 0 Å². The van der Waals surface area contributed by atoms with Crippen molar-refractivity contribution in [3.8, 4) is 18.2 Å². The Morgan fingerprint density at radius 3 is 2.16 bits per heavy atom. The summed E-state index contributed by atoms with van der Waals surface area (Å²) < 4.78 is 4.62. The molecule has 1 saturated carbocycles. The molecule has 2 atom stereocenters. The van der Waals surface area contributed by atoms with Gasteiger partial charge in [-0.25, -0.2) is 0 Å². The molecule has 0 spiro atoms. The van der Waals surface area contributed by atoms with E-state index in [0.29, 0.717) is 5.56 Å². The van der Waals surface area contributed by atoms with Crippen LogP contribution in [0.15, 0.2) is 30.3 Å². The van der Waals surface area contributed by atoms with Gasteiger partial charge in [-0.15, -0.1) is 0 Å². The van der Waals surface area contributed by atoms with Gasteiger partial charge in [-0.3, -0.25) is 4.79 Å². The van der Waals surface area contributed by atoms with Crippen LogP contribution in [0.5, 0.6) is 0 Å². The van der Waals surface area contributed by atoms with Crippen molar-refractivity contribution in [3.63, 3.8) is 0 Å². The second-order valence-electron chi connectivity index (χ2n) is 4.29. The topological polar surface area (TPSA) is 97.7 Å². The Morgan fingerprint density at radius 1 is 1.16 bits per heavy atom. The highest BCUT2D eigenvalue weighted by molar-refractivity contribution is 5.91. The average Bonchev–Trinajstić information content (AvgIpc) is 3.11. The molecule has 0 aliphatic heterocycles. The predicted octanol–water partition coefficient (Wildman–Crippen LogP) is 1.50. The number of methoxy groups -OCH3 is 1. The van der Waals surface area contributed by atoms with Gasteiger partial charge in [0.25, 0.3) is 0 Å². The van der Waals surface area contributed by atoms with Crippen LogP contribution in [0.25, 0.3) is 0 Å². The highest BCUT2D eigenvalue weighted by Crippen LogP contribution is 2.74. The molecule has 5 heteroatoms. The fourth-order valence-corrected chi connectivity index (χ4v) is 2.59.